The van der Waals surface area contributed by atoms with Gasteiger partial charge in [0, 0.05) is 0 Å². The molecule has 0 atom stereocenters. The standard InChI is InChI=1S/C24H30/c1-8-18-14-20(17-22(15-18)24(5,6)7)13-12-19-10-9-11-21(16-19)23(2,3)4/h8-17H,1H2,2-7H3/b13-12+. The van der Waals surface area contributed by atoms with E-state index in [2.05, 4.69) is 103 Å². The lowest BCUT2D eigenvalue weighted by atomic mass is 9.84. The molecule has 0 aliphatic heterocycles. The Morgan fingerprint density at radius 3 is 1.79 bits per heavy atom. The van der Waals surface area contributed by atoms with Crippen molar-refractivity contribution in [1.29, 1.82) is 0 Å². The van der Waals surface area contributed by atoms with E-state index in [1.165, 1.54) is 27.8 Å². The zero-order valence-electron chi connectivity index (χ0n) is 16.0. The summed E-state index contributed by atoms with van der Waals surface area (Å²) in [5.74, 6) is 0. The summed E-state index contributed by atoms with van der Waals surface area (Å²) in [5.41, 5.74) is 6.63. The van der Waals surface area contributed by atoms with Gasteiger partial charge in [-0.25, -0.2) is 0 Å². The third kappa shape index (κ3) is 4.71. The van der Waals surface area contributed by atoms with E-state index >= 15 is 0 Å². The number of benzene rings is 2. The minimum absolute atomic E-state index is 0.133. The Hall–Kier alpha value is -2.08. The molecular weight excluding hydrogens is 288 g/mol. The van der Waals surface area contributed by atoms with E-state index < -0.39 is 0 Å². The molecule has 126 valence electrons. The Labute approximate surface area is 147 Å². The molecule has 0 radical (unpaired) electrons. The fourth-order valence-electron chi connectivity index (χ4n) is 2.62. The second kappa shape index (κ2) is 6.81. The van der Waals surface area contributed by atoms with Gasteiger partial charge in [0.2, 0.25) is 0 Å². The highest BCUT2D eigenvalue weighted by molar-refractivity contribution is 5.72. The SMILES string of the molecule is C=Cc1cc(/C=C/c2cccc(C(C)(C)C)c2)cc(C(C)(C)C)c1. The van der Waals surface area contributed by atoms with Gasteiger partial charge < -0.3 is 0 Å². The topological polar surface area (TPSA) is 0 Å². The monoisotopic (exact) mass is 318 g/mol. The van der Waals surface area contributed by atoms with Gasteiger partial charge in [-0.2, -0.15) is 0 Å². The van der Waals surface area contributed by atoms with Crippen LogP contribution < -0.4 is 0 Å². The van der Waals surface area contributed by atoms with Crippen molar-refractivity contribution in [2.24, 2.45) is 0 Å². The Kier molecular flexibility index (Phi) is 5.18. The maximum atomic E-state index is 3.93. The van der Waals surface area contributed by atoms with E-state index in [1.54, 1.807) is 0 Å². The molecule has 24 heavy (non-hydrogen) atoms. The maximum absolute atomic E-state index is 3.93. The van der Waals surface area contributed by atoms with Crippen LogP contribution in [0.2, 0.25) is 0 Å². The first kappa shape index (κ1) is 18.3. The largest absolute Gasteiger partial charge is 0.0985 e. The van der Waals surface area contributed by atoms with Crippen LogP contribution in [0.1, 0.15) is 69.4 Å². The van der Waals surface area contributed by atoms with Crippen LogP contribution in [0.25, 0.3) is 18.2 Å². The van der Waals surface area contributed by atoms with Gasteiger partial charge in [-0.1, -0.05) is 103 Å². The van der Waals surface area contributed by atoms with Crippen LogP contribution in [0.3, 0.4) is 0 Å². The predicted octanol–water partition coefficient (Wildman–Crippen LogP) is 7.10. The zero-order valence-corrected chi connectivity index (χ0v) is 16.0. The molecule has 0 amide bonds. The third-order valence-corrected chi connectivity index (χ3v) is 4.30. The normalized spacial score (nSPS) is 12.6. The van der Waals surface area contributed by atoms with E-state index in [0.29, 0.717) is 0 Å². The maximum Gasteiger partial charge on any atom is -0.0131 e. The lowest BCUT2D eigenvalue weighted by Crippen LogP contribution is -2.11. The van der Waals surface area contributed by atoms with Gasteiger partial charge in [0.1, 0.15) is 0 Å². The molecule has 0 fully saturated rings. The molecule has 0 aliphatic carbocycles. The molecule has 0 spiro atoms. The fourth-order valence-corrected chi connectivity index (χ4v) is 2.62. The summed E-state index contributed by atoms with van der Waals surface area (Å²) in [5, 5.41) is 0. The van der Waals surface area contributed by atoms with Crippen LogP contribution in [-0.4, -0.2) is 0 Å². The molecule has 0 heterocycles. The van der Waals surface area contributed by atoms with Gasteiger partial charge in [0.25, 0.3) is 0 Å². The quantitative estimate of drug-likeness (QED) is 0.530. The van der Waals surface area contributed by atoms with Crippen molar-refractivity contribution >= 4 is 18.2 Å². The summed E-state index contributed by atoms with van der Waals surface area (Å²) in [6, 6.07) is 15.5. The lowest BCUT2D eigenvalue weighted by Gasteiger charge is -2.20. The van der Waals surface area contributed by atoms with Gasteiger partial charge in [-0.05, 0) is 44.7 Å². The van der Waals surface area contributed by atoms with Crippen LogP contribution in [-0.2, 0) is 10.8 Å². The van der Waals surface area contributed by atoms with Crippen LogP contribution in [0.4, 0.5) is 0 Å². The molecule has 0 saturated carbocycles. The molecule has 0 aliphatic rings. The van der Waals surface area contributed by atoms with Crippen molar-refractivity contribution in [1.82, 2.24) is 0 Å². The molecule has 2 aromatic rings. The van der Waals surface area contributed by atoms with Crippen molar-refractivity contribution in [2.75, 3.05) is 0 Å². The smallest absolute Gasteiger partial charge is 0.0131 e. The van der Waals surface area contributed by atoms with Gasteiger partial charge in [0.15, 0.2) is 0 Å². The lowest BCUT2D eigenvalue weighted by molar-refractivity contribution is 0.589. The third-order valence-electron chi connectivity index (χ3n) is 4.30. The van der Waals surface area contributed by atoms with Crippen molar-refractivity contribution in [3.05, 3.63) is 76.9 Å². The average Bonchev–Trinajstić information content (AvgIpc) is 2.51. The van der Waals surface area contributed by atoms with Crippen LogP contribution in [0, 0.1) is 0 Å². The second-order valence-electron chi connectivity index (χ2n) is 8.55. The minimum Gasteiger partial charge on any atom is -0.0985 e. The number of rotatable bonds is 3. The summed E-state index contributed by atoms with van der Waals surface area (Å²) < 4.78 is 0. The molecule has 0 nitrogen and oxygen atoms in total. The summed E-state index contributed by atoms with van der Waals surface area (Å²) in [4.78, 5) is 0. The highest BCUT2D eigenvalue weighted by Gasteiger charge is 2.15. The molecular formula is C24H30. The molecule has 2 aromatic carbocycles. The second-order valence-corrected chi connectivity index (χ2v) is 8.55. The van der Waals surface area contributed by atoms with Crippen molar-refractivity contribution in [2.45, 2.75) is 52.4 Å². The predicted molar refractivity (Wildman–Crippen MR) is 109 cm³/mol. The average molecular weight is 319 g/mol. The van der Waals surface area contributed by atoms with Gasteiger partial charge in [-0.3, -0.25) is 0 Å². The van der Waals surface area contributed by atoms with Crippen LogP contribution in [0.5, 0.6) is 0 Å². The molecule has 0 heteroatoms. The van der Waals surface area contributed by atoms with E-state index in [9.17, 15) is 0 Å². The summed E-state index contributed by atoms with van der Waals surface area (Å²) in [6.07, 6.45) is 6.32. The first-order chi connectivity index (χ1) is 11.1. The molecule has 0 N–H and O–H groups in total. The van der Waals surface area contributed by atoms with E-state index in [4.69, 9.17) is 0 Å². The van der Waals surface area contributed by atoms with Crippen molar-refractivity contribution in [3.8, 4) is 0 Å². The van der Waals surface area contributed by atoms with Crippen LogP contribution >= 0.6 is 0 Å². The van der Waals surface area contributed by atoms with Crippen molar-refractivity contribution < 1.29 is 0 Å². The van der Waals surface area contributed by atoms with E-state index in [-0.39, 0.29) is 10.8 Å². The summed E-state index contributed by atoms with van der Waals surface area (Å²) in [6.45, 7) is 17.4. The first-order valence-corrected chi connectivity index (χ1v) is 8.66. The Balaban J connectivity index is 2.37. The van der Waals surface area contributed by atoms with E-state index in [0.717, 1.165) is 0 Å². The molecule has 0 saturated heterocycles. The molecule has 2 rings (SSSR count). The van der Waals surface area contributed by atoms with Gasteiger partial charge in [-0.15, -0.1) is 0 Å². The van der Waals surface area contributed by atoms with E-state index in [1.807, 2.05) is 6.08 Å². The highest BCUT2D eigenvalue weighted by atomic mass is 14.2. The van der Waals surface area contributed by atoms with Crippen LogP contribution in [0.15, 0.2) is 49.0 Å². The number of hydrogen-bond donors (Lipinski definition) is 0. The molecule has 0 bridgehead atoms. The Bertz CT molecular complexity index is 746. The molecule has 0 unspecified atom stereocenters. The minimum atomic E-state index is 0.133. The summed E-state index contributed by atoms with van der Waals surface area (Å²) >= 11 is 0. The Morgan fingerprint density at radius 1 is 0.667 bits per heavy atom. The van der Waals surface area contributed by atoms with Gasteiger partial charge >= 0.3 is 0 Å². The summed E-state index contributed by atoms with van der Waals surface area (Å²) in [7, 11) is 0. The van der Waals surface area contributed by atoms with Gasteiger partial charge in [0.05, 0.1) is 0 Å². The molecule has 0 aromatic heterocycles. The first-order valence-electron chi connectivity index (χ1n) is 8.66. The number of hydrogen-bond acceptors (Lipinski definition) is 0. The highest BCUT2D eigenvalue weighted by Crippen LogP contribution is 2.27. The Morgan fingerprint density at radius 2 is 1.21 bits per heavy atom. The zero-order chi connectivity index (χ0) is 18.0. The fraction of sp³-hybridized carbons (Fsp3) is 0.333. The van der Waals surface area contributed by atoms with Crippen molar-refractivity contribution in [3.63, 3.8) is 0 Å².